The van der Waals surface area contributed by atoms with Gasteiger partial charge in [0.2, 0.25) is 0 Å². The molecule has 5 nitrogen and oxygen atoms in total. The van der Waals surface area contributed by atoms with Crippen LogP contribution in [0, 0.1) is 0 Å². The Morgan fingerprint density at radius 1 is 0.944 bits per heavy atom. The fourth-order valence-electron chi connectivity index (χ4n) is 3.36. The Morgan fingerprint density at radius 3 is 2.14 bits per heavy atom. The monoisotopic (exact) mass is 511 g/mol. The zero-order valence-electron chi connectivity index (χ0n) is 19.0. The van der Waals surface area contributed by atoms with Crippen LogP contribution in [0.15, 0.2) is 78.9 Å². The zero-order valence-corrected chi connectivity index (χ0v) is 19.8. The van der Waals surface area contributed by atoms with Gasteiger partial charge >= 0.3 is 12.1 Å². The van der Waals surface area contributed by atoms with E-state index >= 15 is 0 Å². The fourth-order valence-corrected chi connectivity index (χ4v) is 4.37. The van der Waals surface area contributed by atoms with Gasteiger partial charge in [0.1, 0.15) is 23.1 Å². The number of carboxylic acids is 1. The number of carboxylic acid groups (broad SMARTS) is 1. The minimum atomic E-state index is -4.41. The van der Waals surface area contributed by atoms with Crippen molar-refractivity contribution in [3.63, 3.8) is 0 Å². The lowest BCUT2D eigenvalue weighted by molar-refractivity contribution is -0.137. The highest BCUT2D eigenvalue weighted by atomic mass is 32.1. The van der Waals surface area contributed by atoms with E-state index < -0.39 is 17.7 Å². The second-order valence-electron chi connectivity index (χ2n) is 7.62. The van der Waals surface area contributed by atoms with Crippen LogP contribution in [0.4, 0.5) is 13.2 Å². The first-order valence-corrected chi connectivity index (χ1v) is 11.5. The van der Waals surface area contributed by atoms with Crippen LogP contribution in [0.2, 0.25) is 0 Å². The lowest BCUT2D eigenvalue weighted by Gasteiger charge is -2.08. The summed E-state index contributed by atoms with van der Waals surface area (Å²) in [5.74, 6) is 0.214. The van der Waals surface area contributed by atoms with Gasteiger partial charge in [0.05, 0.1) is 23.2 Å². The number of rotatable bonds is 8. The molecule has 1 heterocycles. The molecule has 0 saturated heterocycles. The van der Waals surface area contributed by atoms with Gasteiger partial charge in [-0.05, 0) is 65.7 Å². The quantitative estimate of drug-likeness (QED) is 0.254. The molecule has 0 atom stereocenters. The number of halogens is 3. The lowest BCUT2D eigenvalue weighted by Crippen LogP contribution is -2.03. The second kappa shape index (κ2) is 10.7. The molecule has 1 aromatic heterocycles. The molecule has 0 bridgehead atoms. The molecule has 4 rings (SSSR count). The zero-order chi connectivity index (χ0) is 25.7. The predicted octanol–water partition coefficient (Wildman–Crippen LogP) is 7.18. The van der Waals surface area contributed by atoms with Gasteiger partial charge in [-0.3, -0.25) is 0 Å². The van der Waals surface area contributed by atoms with Crippen LogP contribution in [0.3, 0.4) is 0 Å². The first-order valence-electron chi connectivity index (χ1n) is 10.7. The maximum absolute atomic E-state index is 13.0. The number of hydrogen-bond acceptors (Lipinski definition) is 5. The summed E-state index contributed by atoms with van der Waals surface area (Å²) in [5.41, 5.74) is 2.04. The maximum Gasteiger partial charge on any atom is 0.416 e. The van der Waals surface area contributed by atoms with Crippen molar-refractivity contribution in [3.8, 4) is 33.2 Å². The third-order valence-corrected chi connectivity index (χ3v) is 6.25. The molecular weight excluding hydrogens is 491 g/mol. The van der Waals surface area contributed by atoms with E-state index in [2.05, 4.69) is 0 Å². The first kappa shape index (κ1) is 25.0. The Labute approximate surface area is 209 Å². The summed E-state index contributed by atoms with van der Waals surface area (Å²) < 4.78 is 50.2. The summed E-state index contributed by atoms with van der Waals surface area (Å²) in [4.78, 5) is 16.1. The van der Waals surface area contributed by atoms with Gasteiger partial charge in [0.25, 0.3) is 0 Å². The molecule has 0 fully saturated rings. The number of benzene rings is 3. The number of carbonyl (C=O) groups is 1. The molecule has 9 heteroatoms. The van der Waals surface area contributed by atoms with Crippen molar-refractivity contribution in [3.05, 3.63) is 95.0 Å². The summed E-state index contributed by atoms with van der Waals surface area (Å²) in [5, 5.41) is 9.37. The van der Waals surface area contributed by atoms with E-state index in [0.29, 0.717) is 33.3 Å². The predicted molar refractivity (Wildman–Crippen MR) is 132 cm³/mol. The minimum absolute atomic E-state index is 0.152. The maximum atomic E-state index is 13.0. The van der Waals surface area contributed by atoms with E-state index in [1.165, 1.54) is 29.5 Å². The summed E-state index contributed by atoms with van der Waals surface area (Å²) in [6.45, 7) is 0.152. The third kappa shape index (κ3) is 6.11. The Balaban J connectivity index is 1.60. The molecule has 0 aliphatic heterocycles. The third-order valence-electron chi connectivity index (χ3n) is 5.17. The Hall–Kier alpha value is -4.11. The van der Waals surface area contributed by atoms with E-state index in [0.717, 1.165) is 28.6 Å². The number of aromatic nitrogens is 1. The van der Waals surface area contributed by atoms with Gasteiger partial charge in [-0.25, -0.2) is 9.78 Å². The average Bonchev–Trinajstić information content (AvgIpc) is 3.31. The second-order valence-corrected chi connectivity index (χ2v) is 8.70. The van der Waals surface area contributed by atoms with Crippen LogP contribution in [-0.4, -0.2) is 23.2 Å². The van der Waals surface area contributed by atoms with Crippen molar-refractivity contribution in [1.82, 2.24) is 4.98 Å². The highest BCUT2D eigenvalue weighted by molar-refractivity contribution is 7.15. The number of aliphatic carboxylic acids is 1. The molecule has 0 radical (unpaired) electrons. The van der Waals surface area contributed by atoms with Crippen molar-refractivity contribution >= 4 is 23.4 Å². The molecule has 0 aliphatic carbocycles. The van der Waals surface area contributed by atoms with E-state index in [9.17, 15) is 18.0 Å². The molecular formula is C27H20F3NO4S. The molecule has 0 unspecified atom stereocenters. The van der Waals surface area contributed by atoms with Crippen LogP contribution >= 0.6 is 11.3 Å². The molecule has 0 aliphatic rings. The average molecular weight is 512 g/mol. The van der Waals surface area contributed by atoms with Gasteiger partial charge in [0.15, 0.2) is 0 Å². The Morgan fingerprint density at radius 2 is 1.56 bits per heavy atom. The van der Waals surface area contributed by atoms with E-state index in [-0.39, 0.29) is 6.61 Å². The van der Waals surface area contributed by atoms with Crippen LogP contribution in [0.5, 0.6) is 11.5 Å². The van der Waals surface area contributed by atoms with E-state index in [1.807, 2.05) is 12.1 Å². The van der Waals surface area contributed by atoms with Crippen LogP contribution < -0.4 is 9.47 Å². The number of hydrogen-bond donors (Lipinski definition) is 1. The summed E-state index contributed by atoms with van der Waals surface area (Å²) in [6.07, 6.45) is -1.89. The molecule has 3 aromatic carbocycles. The van der Waals surface area contributed by atoms with Gasteiger partial charge in [-0.2, -0.15) is 13.2 Å². The highest BCUT2D eigenvalue weighted by Gasteiger charge is 2.30. The Kier molecular flexibility index (Phi) is 7.40. The van der Waals surface area contributed by atoms with Gasteiger partial charge < -0.3 is 14.6 Å². The summed E-state index contributed by atoms with van der Waals surface area (Å²) >= 11 is 1.34. The topological polar surface area (TPSA) is 68.7 Å². The highest BCUT2D eigenvalue weighted by Crippen LogP contribution is 2.39. The fraction of sp³-hybridized carbons (Fsp3) is 0.111. The molecule has 184 valence electrons. The van der Waals surface area contributed by atoms with Gasteiger partial charge in [-0.1, -0.05) is 24.3 Å². The molecule has 0 amide bonds. The molecule has 36 heavy (non-hydrogen) atoms. The normalized spacial score (nSPS) is 11.6. The van der Waals surface area contributed by atoms with E-state index in [4.69, 9.17) is 19.6 Å². The standard InChI is InChI=1S/C27H20F3NO4S/c1-34-21-13-7-18(8-14-21)25-26(19-5-9-20(10-6-19)27(28,29)30)36-23(31-25)16-35-22-11-2-17(3-12-22)4-15-24(32)33/h2-15H,16H2,1H3,(H,32,33)/b15-4+. The first-order chi connectivity index (χ1) is 17.2. The molecule has 0 spiro atoms. The molecule has 4 aromatic rings. The molecule has 0 saturated carbocycles. The summed E-state index contributed by atoms with van der Waals surface area (Å²) in [6, 6.07) is 19.2. The number of methoxy groups -OCH3 is 1. The SMILES string of the molecule is COc1ccc(-c2nc(COc3ccc(/C=C/C(=O)O)cc3)sc2-c2ccc(C(F)(F)F)cc2)cc1. The van der Waals surface area contributed by atoms with Crippen LogP contribution in [0.25, 0.3) is 27.8 Å². The lowest BCUT2D eigenvalue weighted by atomic mass is 10.1. The van der Waals surface area contributed by atoms with Crippen molar-refractivity contribution in [2.45, 2.75) is 12.8 Å². The van der Waals surface area contributed by atoms with Crippen LogP contribution in [0.1, 0.15) is 16.1 Å². The van der Waals surface area contributed by atoms with E-state index in [1.54, 1.807) is 43.5 Å². The number of nitrogens with zero attached hydrogens (tertiary/aromatic N) is 1. The van der Waals surface area contributed by atoms with Crippen molar-refractivity contribution in [2.75, 3.05) is 7.11 Å². The molecule has 1 N–H and O–H groups in total. The van der Waals surface area contributed by atoms with Crippen LogP contribution in [-0.2, 0) is 17.6 Å². The number of alkyl halides is 3. The van der Waals surface area contributed by atoms with Gasteiger partial charge in [0, 0.05) is 11.6 Å². The van der Waals surface area contributed by atoms with Crippen molar-refractivity contribution < 1.29 is 32.5 Å². The minimum Gasteiger partial charge on any atom is -0.497 e. The summed E-state index contributed by atoms with van der Waals surface area (Å²) in [7, 11) is 1.57. The van der Waals surface area contributed by atoms with Gasteiger partial charge in [-0.15, -0.1) is 11.3 Å². The largest absolute Gasteiger partial charge is 0.497 e. The number of ether oxygens (including phenoxy) is 2. The van der Waals surface area contributed by atoms with Crippen molar-refractivity contribution in [1.29, 1.82) is 0 Å². The Bertz CT molecular complexity index is 1360. The van der Waals surface area contributed by atoms with Crippen molar-refractivity contribution in [2.24, 2.45) is 0 Å². The number of thiazole rings is 1. The smallest absolute Gasteiger partial charge is 0.416 e.